The van der Waals surface area contributed by atoms with E-state index in [0.29, 0.717) is 5.84 Å². The third kappa shape index (κ3) is 2.94. The average Bonchev–Trinajstić information content (AvgIpc) is 2.49. The van der Waals surface area contributed by atoms with E-state index in [2.05, 4.69) is 15.4 Å². The zero-order chi connectivity index (χ0) is 13.7. The first-order chi connectivity index (χ1) is 9.28. The van der Waals surface area contributed by atoms with Gasteiger partial charge in [-0.1, -0.05) is 0 Å². The number of nitrogens with one attached hydrogen (secondary N) is 1. The van der Waals surface area contributed by atoms with Crippen LogP contribution in [0.15, 0.2) is 29.4 Å². The maximum absolute atomic E-state index is 10.7. The molecule has 1 heterocycles. The van der Waals surface area contributed by atoms with Gasteiger partial charge < -0.3 is 21.1 Å². The summed E-state index contributed by atoms with van der Waals surface area (Å²) in [6.07, 6.45) is 0.900. The third-order valence-electron chi connectivity index (χ3n) is 3.24. The molecule has 0 radical (unpaired) electrons. The van der Waals surface area contributed by atoms with Crippen LogP contribution in [-0.4, -0.2) is 43.3 Å². The maximum atomic E-state index is 10.7. The van der Waals surface area contributed by atoms with Gasteiger partial charge in [0.05, 0.1) is 0 Å². The first-order valence-electron chi connectivity index (χ1n) is 6.07. The number of hydrogen-bond donors (Lipinski definition) is 3. The van der Waals surface area contributed by atoms with Crippen molar-refractivity contribution >= 4 is 17.9 Å². The van der Waals surface area contributed by atoms with Gasteiger partial charge in [0.15, 0.2) is 5.84 Å². The van der Waals surface area contributed by atoms with Crippen molar-refractivity contribution in [1.29, 1.82) is 0 Å². The molecule has 0 aromatic heterocycles. The Hall–Kier alpha value is -2.28. The SMILES string of the molecule is N/N=C(\NN)c1ccc(N2CCN(C=O)CC2)cc1. The van der Waals surface area contributed by atoms with Gasteiger partial charge in [0.2, 0.25) is 6.41 Å². The van der Waals surface area contributed by atoms with Crippen LogP contribution in [0.4, 0.5) is 5.69 Å². The average molecular weight is 262 g/mol. The van der Waals surface area contributed by atoms with E-state index in [1.165, 1.54) is 0 Å². The summed E-state index contributed by atoms with van der Waals surface area (Å²) in [6, 6.07) is 7.81. The minimum Gasteiger partial charge on any atom is -0.368 e. The van der Waals surface area contributed by atoms with E-state index in [9.17, 15) is 4.79 Å². The summed E-state index contributed by atoms with van der Waals surface area (Å²) < 4.78 is 0. The van der Waals surface area contributed by atoms with Crippen LogP contribution >= 0.6 is 0 Å². The Balaban J connectivity index is 2.05. The molecule has 0 bridgehead atoms. The van der Waals surface area contributed by atoms with Gasteiger partial charge in [-0.25, -0.2) is 5.84 Å². The van der Waals surface area contributed by atoms with Gasteiger partial charge in [-0.3, -0.25) is 4.79 Å². The van der Waals surface area contributed by atoms with E-state index < -0.39 is 0 Å². The lowest BCUT2D eigenvalue weighted by Gasteiger charge is -2.34. The Morgan fingerprint density at radius 3 is 2.32 bits per heavy atom. The summed E-state index contributed by atoms with van der Waals surface area (Å²) in [5, 5.41) is 3.56. The van der Waals surface area contributed by atoms with Crippen LogP contribution in [0.5, 0.6) is 0 Å². The molecule has 1 aromatic rings. The number of carbonyl (C=O) groups excluding carboxylic acids is 1. The van der Waals surface area contributed by atoms with E-state index in [4.69, 9.17) is 11.7 Å². The van der Waals surface area contributed by atoms with E-state index in [1.807, 2.05) is 24.3 Å². The lowest BCUT2D eigenvalue weighted by Crippen LogP contribution is -2.45. The first-order valence-corrected chi connectivity index (χ1v) is 6.07. The first kappa shape index (κ1) is 13.2. The third-order valence-corrected chi connectivity index (χ3v) is 3.24. The Morgan fingerprint density at radius 1 is 1.21 bits per heavy atom. The van der Waals surface area contributed by atoms with E-state index >= 15 is 0 Å². The molecule has 1 aromatic carbocycles. The number of nitrogens with two attached hydrogens (primary N) is 2. The molecule has 5 N–H and O–H groups in total. The fourth-order valence-corrected chi connectivity index (χ4v) is 2.11. The highest BCUT2D eigenvalue weighted by molar-refractivity contribution is 5.98. The summed E-state index contributed by atoms with van der Waals surface area (Å²) in [6.45, 7) is 3.19. The van der Waals surface area contributed by atoms with Gasteiger partial charge in [0.25, 0.3) is 0 Å². The van der Waals surface area contributed by atoms with Crippen molar-refractivity contribution in [1.82, 2.24) is 10.3 Å². The zero-order valence-electron chi connectivity index (χ0n) is 10.6. The fraction of sp³-hybridized carbons (Fsp3) is 0.333. The molecule has 0 aliphatic carbocycles. The molecule has 2 rings (SSSR count). The smallest absolute Gasteiger partial charge is 0.209 e. The van der Waals surface area contributed by atoms with E-state index in [1.54, 1.807) is 4.90 Å². The normalized spacial score (nSPS) is 16.4. The second-order valence-electron chi connectivity index (χ2n) is 4.30. The summed E-state index contributed by atoms with van der Waals surface area (Å²) in [7, 11) is 0. The predicted molar refractivity (Wildman–Crippen MR) is 74.3 cm³/mol. The molecule has 0 atom stereocenters. The quantitative estimate of drug-likeness (QED) is 0.214. The summed E-state index contributed by atoms with van der Waals surface area (Å²) >= 11 is 0. The Labute approximate surface area is 111 Å². The Kier molecular flexibility index (Phi) is 4.19. The highest BCUT2D eigenvalue weighted by Gasteiger charge is 2.15. The van der Waals surface area contributed by atoms with Crippen LogP contribution in [0, 0.1) is 0 Å². The number of rotatable bonds is 3. The molecule has 102 valence electrons. The van der Waals surface area contributed by atoms with E-state index in [-0.39, 0.29) is 0 Å². The number of nitrogens with zero attached hydrogens (tertiary/aromatic N) is 3. The lowest BCUT2D eigenvalue weighted by atomic mass is 10.1. The molecular weight excluding hydrogens is 244 g/mol. The fourth-order valence-electron chi connectivity index (χ4n) is 2.11. The highest BCUT2D eigenvalue weighted by Crippen LogP contribution is 2.17. The molecule has 0 saturated carbocycles. The highest BCUT2D eigenvalue weighted by atomic mass is 16.1. The Morgan fingerprint density at radius 2 is 1.84 bits per heavy atom. The number of amidine groups is 1. The molecular formula is C12H18N6O. The second kappa shape index (κ2) is 6.05. The van der Waals surface area contributed by atoms with Gasteiger partial charge in [0.1, 0.15) is 0 Å². The van der Waals surface area contributed by atoms with E-state index in [0.717, 1.165) is 43.8 Å². The van der Waals surface area contributed by atoms with Crippen LogP contribution in [-0.2, 0) is 4.79 Å². The van der Waals surface area contributed by atoms with Gasteiger partial charge in [-0.05, 0) is 24.3 Å². The Bertz CT molecular complexity index is 450. The predicted octanol–water partition coefficient (Wildman–Crippen LogP) is -0.951. The van der Waals surface area contributed by atoms with Crippen molar-refractivity contribution in [3.05, 3.63) is 29.8 Å². The summed E-state index contributed by atoms with van der Waals surface area (Å²) in [5.41, 5.74) is 4.39. The standard InChI is InChI=1S/C12H18N6O/c13-15-12(16-14)10-1-3-11(4-2-10)18-7-5-17(9-19)6-8-18/h1-4,9H,5-8,13-14H2,(H,15,16). The summed E-state index contributed by atoms with van der Waals surface area (Å²) in [5.74, 6) is 11.0. The zero-order valence-corrected chi connectivity index (χ0v) is 10.6. The number of carbonyl (C=O) groups is 1. The molecule has 7 nitrogen and oxygen atoms in total. The maximum Gasteiger partial charge on any atom is 0.209 e. The van der Waals surface area contributed by atoms with Crippen molar-refractivity contribution in [3.63, 3.8) is 0 Å². The van der Waals surface area contributed by atoms with Gasteiger partial charge in [-0.15, -0.1) is 0 Å². The molecule has 1 saturated heterocycles. The summed E-state index contributed by atoms with van der Waals surface area (Å²) in [4.78, 5) is 14.7. The van der Waals surface area contributed by atoms with Crippen molar-refractivity contribution < 1.29 is 4.79 Å². The monoisotopic (exact) mass is 262 g/mol. The molecule has 1 aliphatic heterocycles. The molecule has 0 unspecified atom stereocenters. The van der Waals surface area contributed by atoms with Crippen molar-refractivity contribution in [2.75, 3.05) is 31.1 Å². The molecule has 1 aliphatic rings. The molecule has 7 heteroatoms. The van der Waals surface area contributed by atoms with Crippen molar-refractivity contribution in [3.8, 4) is 0 Å². The molecule has 1 fully saturated rings. The topological polar surface area (TPSA) is 100.0 Å². The number of piperazine rings is 1. The van der Waals surface area contributed by atoms with Crippen LogP contribution in [0.25, 0.3) is 0 Å². The van der Waals surface area contributed by atoms with Crippen LogP contribution in [0.2, 0.25) is 0 Å². The minimum absolute atomic E-state index is 0.442. The van der Waals surface area contributed by atoms with Crippen LogP contribution in [0.3, 0.4) is 0 Å². The number of benzene rings is 1. The van der Waals surface area contributed by atoms with Gasteiger partial charge in [-0.2, -0.15) is 5.10 Å². The number of amides is 1. The lowest BCUT2D eigenvalue weighted by molar-refractivity contribution is -0.118. The molecule has 0 spiro atoms. The number of hydrazine groups is 1. The van der Waals surface area contributed by atoms with Crippen molar-refractivity contribution in [2.24, 2.45) is 16.8 Å². The van der Waals surface area contributed by atoms with Gasteiger partial charge in [0, 0.05) is 37.4 Å². The number of hydrazone groups is 1. The minimum atomic E-state index is 0.442. The second-order valence-corrected chi connectivity index (χ2v) is 4.30. The molecule has 1 amide bonds. The van der Waals surface area contributed by atoms with Gasteiger partial charge >= 0.3 is 0 Å². The van der Waals surface area contributed by atoms with Crippen molar-refractivity contribution in [2.45, 2.75) is 0 Å². The number of hydrogen-bond acceptors (Lipinski definition) is 5. The molecule has 19 heavy (non-hydrogen) atoms. The number of anilines is 1. The van der Waals surface area contributed by atoms with Crippen LogP contribution in [0.1, 0.15) is 5.56 Å². The van der Waals surface area contributed by atoms with Crippen LogP contribution < -0.4 is 22.0 Å². The largest absolute Gasteiger partial charge is 0.368 e.